The second-order valence-electron chi connectivity index (χ2n) is 9.11. The lowest BCUT2D eigenvalue weighted by atomic mass is 9.69. The van der Waals surface area contributed by atoms with Crippen molar-refractivity contribution in [1.82, 2.24) is 25.3 Å². The fourth-order valence-electron chi connectivity index (χ4n) is 6.09. The van der Waals surface area contributed by atoms with Crippen LogP contribution < -0.4 is 16.0 Å². The molecule has 0 unspecified atom stereocenters. The average molecular weight is 402 g/mol. The van der Waals surface area contributed by atoms with Gasteiger partial charge in [0.1, 0.15) is 6.23 Å². The summed E-state index contributed by atoms with van der Waals surface area (Å²) in [6.07, 6.45) is 7.69. The fourth-order valence-corrected chi connectivity index (χ4v) is 6.09. The molecule has 0 aliphatic carbocycles. The second kappa shape index (κ2) is 6.98. The van der Waals surface area contributed by atoms with Crippen LogP contribution >= 0.6 is 0 Å². The number of carbonyl (C=O) groups is 2. The first-order valence-corrected chi connectivity index (χ1v) is 10.7. The van der Waals surface area contributed by atoms with Gasteiger partial charge in [0, 0.05) is 37.9 Å². The number of piperidine rings is 1. The van der Waals surface area contributed by atoms with E-state index in [-0.39, 0.29) is 23.7 Å². The molecule has 5 heterocycles. The van der Waals surface area contributed by atoms with E-state index in [1.165, 1.54) is 0 Å². The van der Waals surface area contributed by atoms with Gasteiger partial charge in [-0.2, -0.15) is 5.10 Å². The van der Waals surface area contributed by atoms with E-state index in [0.29, 0.717) is 31.2 Å². The second-order valence-corrected chi connectivity index (χ2v) is 9.11. The Morgan fingerprint density at radius 3 is 2.79 bits per heavy atom. The first-order chi connectivity index (χ1) is 13.9. The number of carbonyl (C=O) groups excluding carboxylic acids is 2. The molecule has 9 nitrogen and oxygen atoms in total. The van der Waals surface area contributed by atoms with Crippen molar-refractivity contribution < 1.29 is 14.3 Å². The van der Waals surface area contributed by atoms with Gasteiger partial charge >= 0.3 is 6.03 Å². The maximum absolute atomic E-state index is 12.7. The maximum Gasteiger partial charge on any atom is 0.317 e. The van der Waals surface area contributed by atoms with Gasteiger partial charge in [0.15, 0.2) is 0 Å². The molecule has 9 heteroatoms. The number of ether oxygens (including phenoxy) is 1. The Morgan fingerprint density at radius 2 is 2.10 bits per heavy atom. The predicted molar refractivity (Wildman–Crippen MR) is 106 cm³/mol. The summed E-state index contributed by atoms with van der Waals surface area (Å²) in [5, 5.41) is 13.5. The summed E-state index contributed by atoms with van der Waals surface area (Å²) in [4.78, 5) is 27.4. The molecule has 29 heavy (non-hydrogen) atoms. The van der Waals surface area contributed by atoms with Crippen molar-refractivity contribution in [2.45, 2.75) is 69.3 Å². The average Bonchev–Trinajstić information content (AvgIpc) is 3.10. The molecule has 2 bridgehead atoms. The highest BCUT2D eigenvalue weighted by atomic mass is 16.5. The zero-order valence-electron chi connectivity index (χ0n) is 17.1. The highest BCUT2D eigenvalue weighted by molar-refractivity contribution is 5.92. The van der Waals surface area contributed by atoms with Gasteiger partial charge in [-0.1, -0.05) is 0 Å². The van der Waals surface area contributed by atoms with E-state index in [9.17, 15) is 9.59 Å². The molecule has 1 aromatic rings. The molecule has 1 aromatic heterocycles. The fraction of sp³-hybridized carbons (Fsp3) is 0.750. The number of fused-ring (bicyclic) bond motifs is 4. The zero-order valence-corrected chi connectivity index (χ0v) is 17.1. The first-order valence-electron chi connectivity index (χ1n) is 10.7. The highest BCUT2D eigenvalue weighted by Gasteiger charge is 2.57. The van der Waals surface area contributed by atoms with Crippen molar-refractivity contribution >= 4 is 17.6 Å². The number of urea groups is 1. The summed E-state index contributed by atoms with van der Waals surface area (Å²) in [6, 6.07) is 0.511. The minimum atomic E-state index is -0.216. The Bertz CT molecular complexity index is 809. The van der Waals surface area contributed by atoms with Gasteiger partial charge < -0.3 is 20.7 Å². The largest absolute Gasteiger partial charge is 0.358 e. The topological polar surface area (TPSA) is 101 Å². The Hall–Kier alpha value is -2.13. The summed E-state index contributed by atoms with van der Waals surface area (Å²) in [6.45, 7) is 2.99. The molecule has 3 N–H and O–H groups in total. The summed E-state index contributed by atoms with van der Waals surface area (Å²) in [5.41, 5.74) is 1.37. The quantitative estimate of drug-likeness (QED) is 0.703. The zero-order chi connectivity index (χ0) is 20.2. The molecular weight excluding hydrogens is 372 g/mol. The Balaban J connectivity index is 1.29. The Kier molecular flexibility index (Phi) is 4.54. The lowest BCUT2D eigenvalue weighted by Crippen LogP contribution is -2.73. The monoisotopic (exact) mass is 402 g/mol. The van der Waals surface area contributed by atoms with Crippen LogP contribution in [-0.2, 0) is 16.6 Å². The molecule has 5 rings (SSSR count). The van der Waals surface area contributed by atoms with Gasteiger partial charge in [0.2, 0.25) is 5.91 Å². The lowest BCUT2D eigenvalue weighted by molar-refractivity contribution is -0.122. The lowest BCUT2D eigenvalue weighted by Gasteiger charge is -2.55. The molecule has 1 spiro atoms. The van der Waals surface area contributed by atoms with E-state index < -0.39 is 0 Å². The first kappa shape index (κ1) is 18.9. The molecule has 4 aliphatic rings. The third kappa shape index (κ3) is 3.30. The molecule has 4 atom stereocenters. The molecule has 3 amide bonds. The molecule has 158 valence electrons. The number of amides is 3. The summed E-state index contributed by atoms with van der Waals surface area (Å²) in [7, 11) is 1.85. The van der Waals surface area contributed by atoms with Crippen molar-refractivity contribution in [2.75, 3.05) is 18.5 Å². The number of hydrogen-bond donors (Lipinski definition) is 3. The Morgan fingerprint density at radius 1 is 1.34 bits per heavy atom. The Labute approximate surface area is 170 Å². The van der Waals surface area contributed by atoms with Gasteiger partial charge in [-0.05, 0) is 45.4 Å². The predicted octanol–water partition coefficient (Wildman–Crippen LogP) is 1.10. The van der Waals surface area contributed by atoms with Gasteiger partial charge in [0.05, 0.1) is 23.5 Å². The molecule has 4 fully saturated rings. The normalized spacial score (nSPS) is 36.4. The minimum absolute atomic E-state index is 0.00201. The number of nitrogens with one attached hydrogen (secondary N) is 3. The molecule has 0 saturated carbocycles. The van der Waals surface area contributed by atoms with Crippen LogP contribution in [0.5, 0.6) is 0 Å². The van der Waals surface area contributed by atoms with Gasteiger partial charge in [0.25, 0.3) is 0 Å². The summed E-state index contributed by atoms with van der Waals surface area (Å²) >= 11 is 0. The van der Waals surface area contributed by atoms with Crippen molar-refractivity contribution in [3.63, 3.8) is 0 Å². The molecule has 4 aliphatic heterocycles. The molecule has 0 aromatic carbocycles. The van der Waals surface area contributed by atoms with Gasteiger partial charge in [-0.3, -0.25) is 14.4 Å². The number of hydrogen-bond acceptors (Lipinski definition) is 5. The molecular formula is C20H30N6O3. The van der Waals surface area contributed by atoms with E-state index in [2.05, 4.69) is 25.9 Å². The molecule has 4 saturated heterocycles. The van der Waals surface area contributed by atoms with E-state index in [0.717, 1.165) is 49.9 Å². The minimum Gasteiger partial charge on any atom is -0.358 e. The number of aromatic nitrogens is 2. The van der Waals surface area contributed by atoms with Crippen LogP contribution in [0, 0.1) is 12.8 Å². The van der Waals surface area contributed by atoms with Crippen molar-refractivity contribution in [2.24, 2.45) is 13.0 Å². The smallest absolute Gasteiger partial charge is 0.317 e. The van der Waals surface area contributed by atoms with Crippen LogP contribution in [0.4, 0.5) is 10.5 Å². The van der Waals surface area contributed by atoms with Crippen LogP contribution in [0.3, 0.4) is 0 Å². The van der Waals surface area contributed by atoms with E-state index >= 15 is 0 Å². The molecule has 0 radical (unpaired) electrons. The third-order valence-electron chi connectivity index (χ3n) is 7.25. The van der Waals surface area contributed by atoms with Crippen LogP contribution in [0.15, 0.2) is 6.20 Å². The van der Waals surface area contributed by atoms with E-state index in [1.54, 1.807) is 4.68 Å². The number of aryl methyl sites for hydroxylation is 2. The van der Waals surface area contributed by atoms with E-state index in [1.807, 2.05) is 20.2 Å². The highest BCUT2D eigenvalue weighted by Crippen LogP contribution is 2.47. The van der Waals surface area contributed by atoms with Crippen molar-refractivity contribution in [1.29, 1.82) is 0 Å². The number of nitrogens with zero attached hydrogens (tertiary/aromatic N) is 3. The van der Waals surface area contributed by atoms with Gasteiger partial charge in [-0.25, -0.2) is 4.79 Å². The standard InChI is InChI=1S/C20H30N6O3/c1-12-16(10-25(2)24-12)21-17(27)11-26-13-5-6-14(26)9-20(8-13)15-4-3-7-29-18(15)22-19(28)23-20/h10,13-15,18H,3-9,11H2,1-2H3,(H,21,27)(H2,22,23,28)/t13-,14-,15+,18-/m0/s1. The number of rotatable bonds is 3. The summed E-state index contributed by atoms with van der Waals surface area (Å²) in [5.74, 6) is 0.299. The van der Waals surface area contributed by atoms with E-state index in [4.69, 9.17) is 4.74 Å². The van der Waals surface area contributed by atoms with Gasteiger partial charge in [-0.15, -0.1) is 0 Å². The van der Waals surface area contributed by atoms with Crippen LogP contribution in [0.1, 0.15) is 44.2 Å². The SMILES string of the molecule is Cc1nn(C)cc1NC(=O)CN1[C@H]2CC[C@H]1CC1(C2)NC(=O)N[C@H]2OCCC[C@H]21. The van der Waals surface area contributed by atoms with Crippen molar-refractivity contribution in [3.8, 4) is 0 Å². The van der Waals surface area contributed by atoms with Crippen LogP contribution in [0.2, 0.25) is 0 Å². The number of anilines is 1. The summed E-state index contributed by atoms with van der Waals surface area (Å²) < 4.78 is 7.59. The van der Waals surface area contributed by atoms with Crippen molar-refractivity contribution in [3.05, 3.63) is 11.9 Å². The van der Waals surface area contributed by atoms with Crippen LogP contribution in [0.25, 0.3) is 0 Å². The third-order valence-corrected chi connectivity index (χ3v) is 7.25. The maximum atomic E-state index is 12.7. The van der Waals surface area contributed by atoms with Crippen LogP contribution in [-0.4, -0.2) is 63.6 Å².